The number of piperidine rings is 1. The lowest BCUT2D eigenvalue weighted by molar-refractivity contribution is -0.127. The monoisotopic (exact) mass is 372 g/mol. The molecule has 27 heavy (non-hydrogen) atoms. The van der Waals surface area contributed by atoms with Gasteiger partial charge in [-0.2, -0.15) is 0 Å². The topological polar surface area (TPSA) is 101 Å². The Labute approximate surface area is 161 Å². The van der Waals surface area contributed by atoms with Crippen LogP contribution in [0.3, 0.4) is 0 Å². The summed E-state index contributed by atoms with van der Waals surface area (Å²) in [6.07, 6.45) is 6.66. The number of nitrogens with two attached hydrogens (primary N) is 2. The van der Waals surface area contributed by atoms with Crippen molar-refractivity contribution in [1.29, 1.82) is 0 Å². The van der Waals surface area contributed by atoms with Gasteiger partial charge in [0.15, 0.2) is 0 Å². The zero-order valence-corrected chi connectivity index (χ0v) is 16.1. The van der Waals surface area contributed by atoms with E-state index in [1.54, 1.807) is 0 Å². The number of hydrogen-bond acceptors (Lipinski definition) is 4. The molecule has 1 aromatic carbocycles. The second kappa shape index (κ2) is 8.85. The third kappa shape index (κ3) is 5.30. The number of likely N-dealkylation sites (tertiary alicyclic amines) is 1. The molecule has 0 aromatic heterocycles. The van der Waals surface area contributed by atoms with Crippen LogP contribution in [0.4, 0.5) is 0 Å². The van der Waals surface area contributed by atoms with Crippen molar-refractivity contribution in [3.8, 4) is 0 Å². The molecule has 1 aromatic rings. The third-order valence-electron chi connectivity index (χ3n) is 5.96. The normalized spacial score (nSPS) is 22.9. The average Bonchev–Trinajstić information content (AvgIpc) is 2.67. The maximum atomic E-state index is 12.5. The fourth-order valence-electron chi connectivity index (χ4n) is 4.30. The van der Waals surface area contributed by atoms with E-state index in [0.29, 0.717) is 6.54 Å². The number of carbonyl (C=O) groups excluding carboxylic acids is 2. The van der Waals surface area contributed by atoms with Crippen LogP contribution in [0.25, 0.3) is 0 Å². The van der Waals surface area contributed by atoms with Crippen molar-refractivity contribution < 1.29 is 9.59 Å². The number of nitrogens with one attached hydrogen (secondary N) is 1. The van der Waals surface area contributed by atoms with Crippen LogP contribution in [0, 0.1) is 5.92 Å². The summed E-state index contributed by atoms with van der Waals surface area (Å²) in [6, 6.07) is 8.25. The lowest BCUT2D eigenvalue weighted by Crippen LogP contribution is -2.54. The van der Waals surface area contributed by atoms with Gasteiger partial charge >= 0.3 is 0 Å². The Balaban J connectivity index is 1.54. The molecule has 2 fully saturated rings. The zero-order chi connectivity index (χ0) is 19.3. The van der Waals surface area contributed by atoms with Crippen molar-refractivity contribution >= 4 is 11.8 Å². The number of rotatable bonds is 6. The molecule has 1 aliphatic heterocycles. The minimum Gasteiger partial charge on any atom is -0.369 e. The van der Waals surface area contributed by atoms with Gasteiger partial charge < -0.3 is 16.8 Å². The lowest BCUT2D eigenvalue weighted by Gasteiger charge is -2.32. The Morgan fingerprint density at radius 2 is 1.89 bits per heavy atom. The molecule has 6 heteroatoms. The molecule has 1 heterocycles. The van der Waals surface area contributed by atoms with Gasteiger partial charge in [-0.1, -0.05) is 43.5 Å². The molecular weight excluding hydrogens is 340 g/mol. The highest BCUT2D eigenvalue weighted by atomic mass is 16.2. The smallest absolute Gasteiger partial charge is 0.240 e. The van der Waals surface area contributed by atoms with Crippen LogP contribution in [0.2, 0.25) is 0 Å². The third-order valence-corrected chi connectivity index (χ3v) is 5.96. The minimum absolute atomic E-state index is 0.0343. The van der Waals surface area contributed by atoms with Gasteiger partial charge in [0.1, 0.15) is 0 Å². The van der Waals surface area contributed by atoms with Crippen molar-refractivity contribution in [2.75, 3.05) is 13.1 Å². The van der Waals surface area contributed by atoms with E-state index in [9.17, 15) is 9.59 Å². The summed E-state index contributed by atoms with van der Waals surface area (Å²) < 4.78 is 0. The Morgan fingerprint density at radius 3 is 2.63 bits per heavy atom. The summed E-state index contributed by atoms with van der Waals surface area (Å²) in [6.45, 7) is 3.01. The molecule has 2 amide bonds. The molecule has 1 saturated heterocycles. The number of carbonyl (C=O) groups is 2. The number of hydrogen-bond donors (Lipinski definition) is 3. The van der Waals surface area contributed by atoms with Crippen molar-refractivity contribution in [1.82, 2.24) is 10.2 Å². The van der Waals surface area contributed by atoms with Gasteiger partial charge in [0.25, 0.3) is 0 Å². The van der Waals surface area contributed by atoms with E-state index in [1.807, 2.05) is 12.1 Å². The standard InChI is InChI=1S/C21H32N4O2/c22-19(26)18-8-5-11-25(15-18)14-17-7-4-6-16(12-17)13-24-20(27)21(23)9-2-1-3-10-21/h4,6-7,12,18H,1-3,5,8-11,13-15,23H2,(H2,22,26)(H,24,27). The van der Waals surface area contributed by atoms with E-state index in [0.717, 1.165) is 63.7 Å². The summed E-state index contributed by atoms with van der Waals surface area (Å²) in [5.41, 5.74) is 13.3. The van der Waals surface area contributed by atoms with Crippen LogP contribution in [0.1, 0.15) is 56.1 Å². The maximum absolute atomic E-state index is 12.5. The largest absolute Gasteiger partial charge is 0.369 e. The van der Waals surface area contributed by atoms with E-state index >= 15 is 0 Å². The summed E-state index contributed by atoms with van der Waals surface area (Å²) in [7, 11) is 0. The van der Waals surface area contributed by atoms with Gasteiger partial charge in [0, 0.05) is 19.6 Å². The molecule has 1 atom stereocenters. The number of benzene rings is 1. The van der Waals surface area contributed by atoms with Gasteiger partial charge in [0.05, 0.1) is 11.5 Å². The Morgan fingerprint density at radius 1 is 1.15 bits per heavy atom. The van der Waals surface area contributed by atoms with Crippen molar-refractivity contribution in [3.63, 3.8) is 0 Å². The molecular formula is C21H32N4O2. The van der Waals surface area contributed by atoms with Crippen LogP contribution >= 0.6 is 0 Å². The molecule has 0 bridgehead atoms. The molecule has 148 valence electrons. The summed E-state index contributed by atoms with van der Waals surface area (Å²) in [5, 5.41) is 3.02. The van der Waals surface area contributed by atoms with Gasteiger partial charge in [-0.15, -0.1) is 0 Å². The summed E-state index contributed by atoms with van der Waals surface area (Å²) >= 11 is 0. The molecule has 6 nitrogen and oxygen atoms in total. The van der Waals surface area contributed by atoms with Crippen LogP contribution in [0.5, 0.6) is 0 Å². The summed E-state index contributed by atoms with van der Waals surface area (Å²) in [5.74, 6) is -0.278. The van der Waals surface area contributed by atoms with Crippen molar-refractivity contribution in [3.05, 3.63) is 35.4 Å². The van der Waals surface area contributed by atoms with Crippen LogP contribution < -0.4 is 16.8 Å². The first-order valence-corrected chi connectivity index (χ1v) is 10.1. The maximum Gasteiger partial charge on any atom is 0.240 e. The fourth-order valence-corrected chi connectivity index (χ4v) is 4.30. The van der Waals surface area contributed by atoms with E-state index in [2.05, 4.69) is 22.3 Å². The van der Waals surface area contributed by atoms with Gasteiger partial charge in [0.2, 0.25) is 11.8 Å². The lowest BCUT2D eigenvalue weighted by atomic mass is 9.82. The molecule has 2 aliphatic rings. The SMILES string of the molecule is NC(=O)C1CCCN(Cc2cccc(CNC(=O)C3(N)CCCCC3)c2)C1. The second-order valence-electron chi connectivity index (χ2n) is 8.20. The average molecular weight is 373 g/mol. The van der Waals surface area contributed by atoms with Crippen LogP contribution in [0.15, 0.2) is 24.3 Å². The number of nitrogens with zero attached hydrogens (tertiary/aromatic N) is 1. The van der Waals surface area contributed by atoms with Gasteiger partial charge in [-0.3, -0.25) is 14.5 Å². The van der Waals surface area contributed by atoms with Gasteiger partial charge in [-0.05, 0) is 43.4 Å². The highest BCUT2D eigenvalue weighted by Gasteiger charge is 2.34. The van der Waals surface area contributed by atoms with Gasteiger partial charge in [-0.25, -0.2) is 0 Å². The quantitative estimate of drug-likeness (QED) is 0.707. The van der Waals surface area contributed by atoms with E-state index in [1.165, 1.54) is 12.0 Å². The van der Waals surface area contributed by atoms with E-state index in [-0.39, 0.29) is 17.7 Å². The predicted molar refractivity (Wildman–Crippen MR) is 105 cm³/mol. The summed E-state index contributed by atoms with van der Waals surface area (Å²) in [4.78, 5) is 26.2. The van der Waals surface area contributed by atoms with E-state index < -0.39 is 5.54 Å². The first kappa shape index (κ1) is 19.8. The second-order valence-corrected chi connectivity index (χ2v) is 8.20. The van der Waals surface area contributed by atoms with Crippen molar-refractivity contribution in [2.45, 2.75) is 63.6 Å². The first-order chi connectivity index (χ1) is 13.0. The van der Waals surface area contributed by atoms with Crippen molar-refractivity contribution in [2.24, 2.45) is 17.4 Å². The number of primary amides is 1. The molecule has 1 aliphatic carbocycles. The number of amides is 2. The molecule has 1 unspecified atom stereocenters. The zero-order valence-electron chi connectivity index (χ0n) is 16.1. The Bertz CT molecular complexity index is 670. The fraction of sp³-hybridized carbons (Fsp3) is 0.619. The minimum atomic E-state index is -0.701. The Hall–Kier alpha value is -1.92. The van der Waals surface area contributed by atoms with Crippen LogP contribution in [-0.4, -0.2) is 35.3 Å². The molecule has 5 N–H and O–H groups in total. The highest BCUT2D eigenvalue weighted by Crippen LogP contribution is 2.26. The molecule has 3 rings (SSSR count). The molecule has 0 spiro atoms. The molecule has 1 saturated carbocycles. The van der Waals surface area contributed by atoms with Crippen LogP contribution in [-0.2, 0) is 22.7 Å². The predicted octanol–water partition coefficient (Wildman–Crippen LogP) is 1.66. The Kier molecular flexibility index (Phi) is 6.50. The van der Waals surface area contributed by atoms with E-state index in [4.69, 9.17) is 11.5 Å². The highest BCUT2D eigenvalue weighted by molar-refractivity contribution is 5.86. The molecule has 0 radical (unpaired) electrons. The first-order valence-electron chi connectivity index (χ1n) is 10.1.